The molecule has 0 aliphatic carbocycles. The lowest BCUT2D eigenvalue weighted by Gasteiger charge is -2.33. The zero-order chi connectivity index (χ0) is 24.3. The number of rotatable bonds is 5. The van der Waals surface area contributed by atoms with Gasteiger partial charge in [0.15, 0.2) is 0 Å². The summed E-state index contributed by atoms with van der Waals surface area (Å²) in [5.74, 6) is 1.80. The summed E-state index contributed by atoms with van der Waals surface area (Å²) in [6, 6.07) is 22.9. The maximum absolute atomic E-state index is 13.5. The van der Waals surface area contributed by atoms with Crippen LogP contribution in [-0.2, 0) is 0 Å². The molecule has 0 unspecified atom stereocenters. The van der Waals surface area contributed by atoms with E-state index in [4.69, 9.17) is 9.97 Å². The molecule has 0 radical (unpaired) electrons. The smallest absolute Gasteiger partial charge is 0.263 e. The van der Waals surface area contributed by atoms with Gasteiger partial charge in [-0.25, -0.2) is 4.98 Å². The van der Waals surface area contributed by atoms with Gasteiger partial charge in [0, 0.05) is 31.1 Å². The first-order chi connectivity index (χ1) is 17.7. The van der Waals surface area contributed by atoms with Crippen molar-refractivity contribution in [2.45, 2.75) is 37.6 Å². The van der Waals surface area contributed by atoms with Crippen LogP contribution in [0.5, 0.6) is 0 Å². The fourth-order valence-corrected chi connectivity index (χ4v) is 5.48. The molecule has 0 spiro atoms. The minimum Gasteiger partial charge on any atom is -0.365 e. The van der Waals surface area contributed by atoms with Crippen LogP contribution >= 0.6 is 0 Å². The molecule has 4 aromatic rings. The molecule has 184 valence electrons. The topological polar surface area (TPSA) is 85.9 Å². The second-order valence-electron chi connectivity index (χ2n) is 9.86. The predicted molar refractivity (Wildman–Crippen MR) is 146 cm³/mol. The monoisotopic (exact) mass is 480 g/mol. The van der Waals surface area contributed by atoms with Gasteiger partial charge in [0.2, 0.25) is 5.95 Å². The lowest BCUT2D eigenvalue weighted by atomic mass is 9.90. The van der Waals surface area contributed by atoms with E-state index in [0.717, 1.165) is 62.8 Å². The highest BCUT2D eigenvalue weighted by atomic mass is 16.1. The average molecular weight is 481 g/mol. The van der Waals surface area contributed by atoms with Crippen molar-refractivity contribution in [2.24, 2.45) is 0 Å². The third kappa shape index (κ3) is 4.71. The molecule has 2 aliphatic heterocycles. The Balaban J connectivity index is 1.33. The third-order valence-electron chi connectivity index (χ3n) is 7.46. The molecule has 36 heavy (non-hydrogen) atoms. The van der Waals surface area contributed by atoms with E-state index in [1.807, 2.05) is 36.4 Å². The van der Waals surface area contributed by atoms with Gasteiger partial charge in [0.25, 0.3) is 5.56 Å². The molecular weight excluding hydrogens is 448 g/mol. The maximum atomic E-state index is 13.5. The van der Waals surface area contributed by atoms with Crippen LogP contribution in [0.25, 0.3) is 22.2 Å². The van der Waals surface area contributed by atoms with Gasteiger partial charge < -0.3 is 15.5 Å². The van der Waals surface area contributed by atoms with Crippen LogP contribution in [0.3, 0.4) is 0 Å². The van der Waals surface area contributed by atoms with Gasteiger partial charge in [-0.15, -0.1) is 0 Å². The summed E-state index contributed by atoms with van der Waals surface area (Å²) in [6.07, 6.45) is 4.22. The van der Waals surface area contributed by atoms with E-state index in [1.54, 1.807) is 0 Å². The van der Waals surface area contributed by atoms with Gasteiger partial charge in [0.1, 0.15) is 11.4 Å². The van der Waals surface area contributed by atoms with Crippen molar-refractivity contribution in [2.75, 3.05) is 36.4 Å². The van der Waals surface area contributed by atoms with Crippen LogP contribution in [0.1, 0.15) is 37.2 Å². The zero-order valence-electron chi connectivity index (χ0n) is 20.4. The molecule has 6 rings (SSSR count). The number of nitrogens with zero attached hydrogens (tertiary/aromatic N) is 3. The number of para-hydroxylation sites is 1. The Bertz CT molecular complexity index is 1390. The third-order valence-corrected chi connectivity index (χ3v) is 7.46. The molecular formula is C29H32N6O. The number of hydrogen-bond acceptors (Lipinski definition) is 6. The number of nitrogens with one attached hydrogen (secondary N) is 3. The van der Waals surface area contributed by atoms with Crippen molar-refractivity contribution in [3.63, 3.8) is 0 Å². The molecule has 0 amide bonds. The Hall–Kier alpha value is -3.71. The molecule has 2 aliphatic rings. The highest BCUT2D eigenvalue weighted by molar-refractivity contribution is 5.83. The number of piperidine rings is 2. The number of hydrogen-bond donors (Lipinski definition) is 3. The van der Waals surface area contributed by atoms with Crippen LogP contribution in [0, 0.1) is 0 Å². The van der Waals surface area contributed by atoms with Gasteiger partial charge in [0.05, 0.1) is 11.2 Å². The standard InChI is InChI=1S/C29H32N6O/c36-28-26(25-13-12-22-9-4-5-11-24(22)32-25)27(31-23-10-6-16-30-19-23)33-29(34-28)35-17-14-21(15-18-35)20-7-2-1-3-8-20/h1-5,7-9,11-13,21,23,30H,6,10,14-19H2,(H2,31,33,34,36)/t23-/m1/s1. The first-order valence-electron chi connectivity index (χ1n) is 13.0. The fourth-order valence-electron chi connectivity index (χ4n) is 5.48. The summed E-state index contributed by atoms with van der Waals surface area (Å²) in [4.78, 5) is 28.7. The van der Waals surface area contributed by atoms with E-state index in [2.05, 4.69) is 50.8 Å². The molecule has 4 heterocycles. The Morgan fingerprint density at radius 1 is 0.889 bits per heavy atom. The first kappa shape index (κ1) is 22.7. The molecule has 2 aromatic carbocycles. The van der Waals surface area contributed by atoms with Crippen molar-refractivity contribution in [1.29, 1.82) is 0 Å². The SMILES string of the molecule is O=c1[nH]c(N2CCC(c3ccccc3)CC2)nc(N[C@@H]2CCCNC2)c1-c1ccc2ccccc2n1. The summed E-state index contributed by atoms with van der Waals surface area (Å²) in [7, 11) is 0. The van der Waals surface area contributed by atoms with Crippen molar-refractivity contribution >= 4 is 22.7 Å². The summed E-state index contributed by atoms with van der Waals surface area (Å²) in [6.45, 7) is 3.61. The van der Waals surface area contributed by atoms with Crippen LogP contribution in [-0.4, -0.2) is 47.2 Å². The number of aromatic amines is 1. The van der Waals surface area contributed by atoms with E-state index in [1.165, 1.54) is 5.56 Å². The summed E-state index contributed by atoms with van der Waals surface area (Å²) in [5, 5.41) is 8.09. The van der Waals surface area contributed by atoms with E-state index in [9.17, 15) is 4.79 Å². The van der Waals surface area contributed by atoms with Gasteiger partial charge in [-0.05, 0) is 55.8 Å². The van der Waals surface area contributed by atoms with Crippen molar-refractivity contribution in [3.05, 3.63) is 82.6 Å². The Labute approximate surface area is 211 Å². The Kier molecular flexibility index (Phi) is 6.38. The summed E-state index contributed by atoms with van der Waals surface area (Å²) in [5.41, 5.74) is 3.26. The molecule has 1 atom stereocenters. The van der Waals surface area contributed by atoms with E-state index in [0.29, 0.717) is 28.9 Å². The van der Waals surface area contributed by atoms with Crippen molar-refractivity contribution in [3.8, 4) is 11.3 Å². The normalized spacial score (nSPS) is 18.9. The van der Waals surface area contributed by atoms with Gasteiger partial charge in [-0.3, -0.25) is 9.78 Å². The molecule has 7 nitrogen and oxygen atoms in total. The van der Waals surface area contributed by atoms with Crippen LogP contribution in [0.15, 0.2) is 71.5 Å². The van der Waals surface area contributed by atoms with Crippen molar-refractivity contribution in [1.82, 2.24) is 20.3 Å². The second kappa shape index (κ2) is 10.1. The predicted octanol–water partition coefficient (Wildman–Crippen LogP) is 4.53. The highest BCUT2D eigenvalue weighted by Gasteiger charge is 2.25. The number of H-pyrrole nitrogens is 1. The van der Waals surface area contributed by atoms with Gasteiger partial charge in [-0.2, -0.15) is 4.98 Å². The Morgan fingerprint density at radius 3 is 2.50 bits per heavy atom. The van der Waals surface area contributed by atoms with Crippen LogP contribution in [0.4, 0.5) is 11.8 Å². The van der Waals surface area contributed by atoms with E-state index >= 15 is 0 Å². The number of benzene rings is 2. The maximum Gasteiger partial charge on any atom is 0.263 e. The lowest BCUT2D eigenvalue weighted by molar-refractivity contribution is 0.478. The summed E-state index contributed by atoms with van der Waals surface area (Å²) >= 11 is 0. The Morgan fingerprint density at radius 2 is 1.69 bits per heavy atom. The fraction of sp³-hybridized carbons (Fsp3) is 0.345. The quantitative estimate of drug-likeness (QED) is 0.389. The van der Waals surface area contributed by atoms with Gasteiger partial charge >= 0.3 is 0 Å². The number of aromatic nitrogens is 3. The number of anilines is 2. The molecule has 2 fully saturated rings. The average Bonchev–Trinajstić information content (AvgIpc) is 2.94. The lowest BCUT2D eigenvalue weighted by Crippen LogP contribution is -2.40. The summed E-state index contributed by atoms with van der Waals surface area (Å²) < 4.78 is 0. The van der Waals surface area contributed by atoms with E-state index in [-0.39, 0.29) is 11.6 Å². The van der Waals surface area contributed by atoms with Crippen LogP contribution in [0.2, 0.25) is 0 Å². The number of pyridine rings is 1. The minimum absolute atomic E-state index is 0.153. The molecule has 2 aromatic heterocycles. The highest BCUT2D eigenvalue weighted by Crippen LogP contribution is 2.31. The molecule has 7 heteroatoms. The molecule has 0 bridgehead atoms. The van der Waals surface area contributed by atoms with Crippen molar-refractivity contribution < 1.29 is 0 Å². The molecule has 3 N–H and O–H groups in total. The molecule has 2 saturated heterocycles. The largest absolute Gasteiger partial charge is 0.365 e. The van der Waals surface area contributed by atoms with Gasteiger partial charge in [-0.1, -0.05) is 54.6 Å². The van der Waals surface area contributed by atoms with Crippen LogP contribution < -0.4 is 21.1 Å². The zero-order valence-corrected chi connectivity index (χ0v) is 20.4. The molecule has 0 saturated carbocycles. The second-order valence-corrected chi connectivity index (χ2v) is 9.86. The first-order valence-corrected chi connectivity index (χ1v) is 13.0. The number of fused-ring (bicyclic) bond motifs is 1. The van der Waals surface area contributed by atoms with E-state index < -0.39 is 0 Å². The minimum atomic E-state index is -0.153.